The highest BCUT2D eigenvalue weighted by Crippen LogP contribution is 2.22. The Balaban J connectivity index is 1.79. The third-order valence-electron chi connectivity index (χ3n) is 3.30. The smallest absolute Gasteiger partial charge is 0.134 e. The van der Waals surface area contributed by atoms with Crippen molar-refractivity contribution < 1.29 is 8.81 Å². The average molecular weight is 275 g/mol. The van der Waals surface area contributed by atoms with E-state index in [4.69, 9.17) is 4.42 Å². The van der Waals surface area contributed by atoms with Gasteiger partial charge in [0.15, 0.2) is 0 Å². The Labute approximate surface area is 120 Å². The van der Waals surface area contributed by atoms with Gasteiger partial charge in [0, 0.05) is 5.56 Å². The van der Waals surface area contributed by atoms with Crippen molar-refractivity contribution in [1.29, 1.82) is 0 Å². The normalized spacial score (nSPS) is 10.9. The van der Waals surface area contributed by atoms with Crippen molar-refractivity contribution in [3.05, 3.63) is 48.0 Å². The van der Waals surface area contributed by atoms with Crippen molar-refractivity contribution in [2.75, 3.05) is 6.54 Å². The molecule has 1 heterocycles. The molecule has 1 aromatic heterocycles. The van der Waals surface area contributed by atoms with Crippen molar-refractivity contribution in [3.8, 4) is 11.3 Å². The van der Waals surface area contributed by atoms with E-state index in [1.54, 1.807) is 12.1 Å². The van der Waals surface area contributed by atoms with Crippen LogP contribution in [0.2, 0.25) is 0 Å². The third kappa shape index (κ3) is 4.49. The second-order valence-electron chi connectivity index (χ2n) is 5.01. The fourth-order valence-corrected chi connectivity index (χ4v) is 2.13. The second-order valence-corrected chi connectivity index (χ2v) is 5.01. The van der Waals surface area contributed by atoms with E-state index in [0.717, 1.165) is 30.2 Å². The molecule has 20 heavy (non-hydrogen) atoms. The number of furan rings is 1. The van der Waals surface area contributed by atoms with Gasteiger partial charge in [0.05, 0.1) is 6.54 Å². The van der Waals surface area contributed by atoms with Crippen LogP contribution in [0.25, 0.3) is 11.3 Å². The molecule has 0 atom stereocenters. The first-order valence-electron chi connectivity index (χ1n) is 7.35. The summed E-state index contributed by atoms with van der Waals surface area (Å²) in [5, 5.41) is 3.38. The Morgan fingerprint density at radius 2 is 1.80 bits per heavy atom. The summed E-state index contributed by atoms with van der Waals surface area (Å²) in [6.45, 7) is 3.98. The number of hydrogen-bond donors (Lipinski definition) is 1. The summed E-state index contributed by atoms with van der Waals surface area (Å²) < 4.78 is 18.6. The predicted molar refractivity (Wildman–Crippen MR) is 80.0 cm³/mol. The van der Waals surface area contributed by atoms with Gasteiger partial charge in [-0.1, -0.05) is 26.2 Å². The van der Waals surface area contributed by atoms with E-state index < -0.39 is 0 Å². The number of benzene rings is 1. The first kappa shape index (κ1) is 14.8. The summed E-state index contributed by atoms with van der Waals surface area (Å²) in [5.74, 6) is 1.47. The monoisotopic (exact) mass is 275 g/mol. The van der Waals surface area contributed by atoms with Gasteiger partial charge in [0.1, 0.15) is 17.3 Å². The Morgan fingerprint density at radius 3 is 2.55 bits per heavy atom. The van der Waals surface area contributed by atoms with Gasteiger partial charge in [-0.05, 0) is 49.4 Å². The van der Waals surface area contributed by atoms with E-state index in [0.29, 0.717) is 0 Å². The van der Waals surface area contributed by atoms with Gasteiger partial charge in [0.2, 0.25) is 0 Å². The first-order valence-corrected chi connectivity index (χ1v) is 7.35. The highest BCUT2D eigenvalue weighted by molar-refractivity contribution is 5.57. The van der Waals surface area contributed by atoms with E-state index in [1.807, 2.05) is 12.1 Å². The van der Waals surface area contributed by atoms with Crippen molar-refractivity contribution in [3.63, 3.8) is 0 Å². The standard InChI is InChI=1S/C17H22FNO/c1-2-3-4-5-12-19-13-16-10-11-17(20-16)14-6-8-15(18)9-7-14/h6-11,19H,2-5,12-13H2,1H3. The van der Waals surface area contributed by atoms with Gasteiger partial charge in [-0.15, -0.1) is 0 Å². The summed E-state index contributed by atoms with van der Waals surface area (Å²) >= 11 is 0. The van der Waals surface area contributed by atoms with E-state index in [1.165, 1.54) is 37.8 Å². The molecule has 0 aliphatic carbocycles. The molecule has 0 amide bonds. The molecule has 0 saturated carbocycles. The van der Waals surface area contributed by atoms with E-state index in [2.05, 4.69) is 12.2 Å². The van der Waals surface area contributed by atoms with Crippen molar-refractivity contribution >= 4 is 0 Å². The topological polar surface area (TPSA) is 25.2 Å². The number of hydrogen-bond acceptors (Lipinski definition) is 2. The Hall–Kier alpha value is -1.61. The number of nitrogens with one attached hydrogen (secondary N) is 1. The summed E-state index contributed by atoms with van der Waals surface area (Å²) in [5.41, 5.74) is 0.903. The maximum atomic E-state index is 12.9. The van der Waals surface area contributed by atoms with Crippen LogP contribution in [0.1, 0.15) is 38.4 Å². The maximum Gasteiger partial charge on any atom is 0.134 e. The molecular formula is C17H22FNO. The maximum absolute atomic E-state index is 12.9. The van der Waals surface area contributed by atoms with Crippen LogP contribution in [0.15, 0.2) is 40.8 Å². The Kier molecular flexibility index (Phi) is 5.81. The fourth-order valence-electron chi connectivity index (χ4n) is 2.13. The SMILES string of the molecule is CCCCCCNCc1ccc(-c2ccc(F)cc2)o1. The van der Waals surface area contributed by atoms with Gasteiger partial charge in [0.25, 0.3) is 0 Å². The molecule has 0 aliphatic heterocycles. The largest absolute Gasteiger partial charge is 0.460 e. The van der Waals surface area contributed by atoms with Gasteiger partial charge in [-0.3, -0.25) is 0 Å². The number of rotatable bonds is 8. The zero-order valence-electron chi connectivity index (χ0n) is 12.0. The van der Waals surface area contributed by atoms with Crippen LogP contribution in [-0.2, 0) is 6.54 Å². The molecule has 0 bridgehead atoms. The number of unbranched alkanes of at least 4 members (excludes halogenated alkanes) is 3. The molecule has 2 rings (SSSR count). The molecule has 108 valence electrons. The van der Waals surface area contributed by atoms with Crippen LogP contribution in [0.3, 0.4) is 0 Å². The molecular weight excluding hydrogens is 253 g/mol. The van der Waals surface area contributed by atoms with Gasteiger partial charge in [-0.25, -0.2) is 4.39 Å². The highest BCUT2D eigenvalue weighted by atomic mass is 19.1. The quantitative estimate of drug-likeness (QED) is 0.703. The van der Waals surface area contributed by atoms with Gasteiger partial charge >= 0.3 is 0 Å². The lowest BCUT2D eigenvalue weighted by atomic mass is 10.2. The Bertz CT molecular complexity index is 504. The Morgan fingerprint density at radius 1 is 1.00 bits per heavy atom. The van der Waals surface area contributed by atoms with Crippen LogP contribution in [0, 0.1) is 5.82 Å². The molecule has 1 N–H and O–H groups in total. The zero-order valence-corrected chi connectivity index (χ0v) is 12.0. The molecule has 0 fully saturated rings. The molecule has 0 aliphatic rings. The minimum absolute atomic E-state index is 0.228. The van der Waals surface area contributed by atoms with E-state index >= 15 is 0 Å². The molecule has 2 nitrogen and oxygen atoms in total. The predicted octanol–water partition coefficient (Wildman–Crippen LogP) is 4.76. The van der Waals surface area contributed by atoms with Crippen molar-refractivity contribution in [2.24, 2.45) is 0 Å². The lowest BCUT2D eigenvalue weighted by molar-refractivity contribution is 0.487. The van der Waals surface area contributed by atoms with E-state index in [9.17, 15) is 4.39 Å². The van der Waals surface area contributed by atoms with Crippen LogP contribution in [-0.4, -0.2) is 6.54 Å². The summed E-state index contributed by atoms with van der Waals surface area (Å²) in [6, 6.07) is 10.3. The summed E-state index contributed by atoms with van der Waals surface area (Å²) in [4.78, 5) is 0. The van der Waals surface area contributed by atoms with Gasteiger partial charge < -0.3 is 9.73 Å². The molecule has 1 aromatic carbocycles. The lowest BCUT2D eigenvalue weighted by Gasteiger charge is -2.02. The number of halogens is 1. The van der Waals surface area contributed by atoms with Gasteiger partial charge in [-0.2, -0.15) is 0 Å². The minimum Gasteiger partial charge on any atom is -0.460 e. The minimum atomic E-state index is -0.228. The molecule has 0 unspecified atom stereocenters. The van der Waals surface area contributed by atoms with Crippen molar-refractivity contribution in [2.45, 2.75) is 39.2 Å². The summed E-state index contributed by atoms with van der Waals surface area (Å²) in [7, 11) is 0. The fraction of sp³-hybridized carbons (Fsp3) is 0.412. The first-order chi connectivity index (χ1) is 9.79. The van der Waals surface area contributed by atoms with Crippen LogP contribution >= 0.6 is 0 Å². The lowest BCUT2D eigenvalue weighted by Crippen LogP contribution is -2.14. The molecule has 0 radical (unpaired) electrons. The molecule has 2 aromatic rings. The molecule has 3 heteroatoms. The van der Waals surface area contributed by atoms with Crippen LogP contribution < -0.4 is 5.32 Å². The molecule has 0 spiro atoms. The average Bonchev–Trinajstić information content (AvgIpc) is 2.92. The second kappa shape index (κ2) is 7.85. The van der Waals surface area contributed by atoms with E-state index in [-0.39, 0.29) is 5.82 Å². The highest BCUT2D eigenvalue weighted by Gasteiger charge is 2.04. The van der Waals surface area contributed by atoms with Crippen LogP contribution in [0.4, 0.5) is 4.39 Å². The van der Waals surface area contributed by atoms with Crippen molar-refractivity contribution in [1.82, 2.24) is 5.32 Å². The summed E-state index contributed by atoms with van der Waals surface area (Å²) in [6.07, 6.45) is 5.05. The third-order valence-corrected chi connectivity index (χ3v) is 3.30. The molecule has 0 saturated heterocycles. The zero-order chi connectivity index (χ0) is 14.2. The van der Waals surface area contributed by atoms with Crippen LogP contribution in [0.5, 0.6) is 0 Å².